The number of carbonyl (C=O) groups is 1. The lowest BCUT2D eigenvalue weighted by atomic mass is 10.2. The third-order valence-corrected chi connectivity index (χ3v) is 6.84. The van der Waals surface area contributed by atoms with E-state index in [9.17, 15) is 13.2 Å². The van der Waals surface area contributed by atoms with E-state index in [2.05, 4.69) is 14.9 Å². The van der Waals surface area contributed by atoms with Gasteiger partial charge in [-0.3, -0.25) is 14.6 Å². The molecule has 1 amide bonds. The van der Waals surface area contributed by atoms with Crippen LogP contribution >= 0.6 is 11.6 Å². The summed E-state index contributed by atoms with van der Waals surface area (Å²) in [5, 5.41) is 7.01. The summed E-state index contributed by atoms with van der Waals surface area (Å²) in [7, 11) is -3.96. The number of rotatable bonds is 5. The Morgan fingerprint density at radius 1 is 1.23 bits per heavy atom. The average molecular weight is 449 g/mol. The molecule has 158 valence electrons. The number of sulfonamides is 1. The molecule has 1 fully saturated rings. The Kier molecular flexibility index (Phi) is 5.33. The van der Waals surface area contributed by atoms with Gasteiger partial charge in [0.1, 0.15) is 16.3 Å². The van der Waals surface area contributed by atoms with E-state index >= 15 is 0 Å². The van der Waals surface area contributed by atoms with Gasteiger partial charge in [-0.05, 0) is 44.4 Å². The van der Waals surface area contributed by atoms with Gasteiger partial charge < -0.3 is 9.32 Å². The highest BCUT2D eigenvalue weighted by Crippen LogP contribution is 2.32. The Bertz CT molecular complexity index is 1210. The van der Waals surface area contributed by atoms with Crippen molar-refractivity contribution in [3.63, 3.8) is 0 Å². The number of furan rings is 1. The van der Waals surface area contributed by atoms with Crippen molar-refractivity contribution >= 4 is 33.2 Å². The SMILES string of the molecule is Cc1ccc(Cl)c(NS(=O)(=O)c2cc(-c3[nH]ncc3C(=O)N3CCCC3)oc2C)c1. The van der Waals surface area contributed by atoms with Gasteiger partial charge in [-0.1, -0.05) is 17.7 Å². The molecule has 10 heteroatoms. The van der Waals surface area contributed by atoms with E-state index < -0.39 is 10.0 Å². The number of anilines is 1. The van der Waals surface area contributed by atoms with Gasteiger partial charge in [-0.25, -0.2) is 8.42 Å². The zero-order valence-electron chi connectivity index (χ0n) is 16.5. The molecule has 1 aromatic carbocycles. The van der Waals surface area contributed by atoms with Crippen LogP contribution in [0.1, 0.15) is 34.5 Å². The number of carbonyl (C=O) groups excluding carboxylic acids is 1. The maximum Gasteiger partial charge on any atom is 0.265 e. The van der Waals surface area contributed by atoms with Crippen molar-refractivity contribution in [2.24, 2.45) is 0 Å². The Morgan fingerprint density at radius 2 is 1.97 bits per heavy atom. The lowest BCUT2D eigenvalue weighted by Crippen LogP contribution is -2.27. The number of likely N-dealkylation sites (tertiary alicyclic amines) is 1. The summed E-state index contributed by atoms with van der Waals surface area (Å²) in [5.41, 5.74) is 1.85. The Hall–Kier alpha value is -2.78. The standard InChI is InChI=1S/C20H21ClN4O4S/c1-12-5-6-15(21)16(9-12)24-30(27,28)18-10-17(29-13(18)2)19-14(11-22-23-19)20(26)25-7-3-4-8-25/h5-6,9-11,24H,3-4,7-8H2,1-2H3,(H,22,23). The second-order valence-electron chi connectivity index (χ2n) is 7.28. The average Bonchev–Trinajstić information content (AvgIpc) is 3.43. The van der Waals surface area contributed by atoms with Crippen LogP contribution in [-0.4, -0.2) is 42.5 Å². The second-order valence-corrected chi connectivity index (χ2v) is 9.34. The lowest BCUT2D eigenvalue weighted by molar-refractivity contribution is 0.0793. The summed E-state index contributed by atoms with van der Waals surface area (Å²) >= 11 is 6.13. The van der Waals surface area contributed by atoms with E-state index in [0.29, 0.717) is 24.3 Å². The van der Waals surface area contributed by atoms with Gasteiger partial charge in [-0.2, -0.15) is 5.10 Å². The fourth-order valence-electron chi connectivity index (χ4n) is 3.50. The fourth-order valence-corrected chi connectivity index (χ4v) is 4.97. The van der Waals surface area contributed by atoms with Crippen molar-refractivity contribution in [3.8, 4) is 11.5 Å². The van der Waals surface area contributed by atoms with Crippen molar-refractivity contribution < 1.29 is 17.6 Å². The first kappa shape index (κ1) is 20.5. The largest absolute Gasteiger partial charge is 0.458 e. The lowest BCUT2D eigenvalue weighted by Gasteiger charge is -2.14. The molecule has 30 heavy (non-hydrogen) atoms. The molecule has 0 unspecified atom stereocenters. The Labute approximate surface area is 179 Å². The zero-order valence-corrected chi connectivity index (χ0v) is 18.1. The quantitative estimate of drug-likeness (QED) is 0.613. The highest BCUT2D eigenvalue weighted by atomic mass is 35.5. The Morgan fingerprint density at radius 3 is 2.70 bits per heavy atom. The number of aromatic amines is 1. The van der Waals surface area contributed by atoms with Gasteiger partial charge in [0.2, 0.25) is 0 Å². The van der Waals surface area contributed by atoms with Gasteiger partial charge in [-0.15, -0.1) is 0 Å². The van der Waals surface area contributed by atoms with Crippen LogP contribution < -0.4 is 4.72 Å². The Balaban J connectivity index is 1.66. The molecule has 1 aliphatic rings. The van der Waals surface area contributed by atoms with E-state index in [-0.39, 0.29) is 33.0 Å². The number of benzene rings is 1. The monoisotopic (exact) mass is 448 g/mol. The summed E-state index contributed by atoms with van der Waals surface area (Å²) in [6, 6.07) is 6.45. The van der Waals surface area contributed by atoms with Crippen LogP contribution in [0.15, 0.2) is 39.8 Å². The molecule has 4 rings (SSSR count). The third kappa shape index (κ3) is 3.82. The van der Waals surface area contributed by atoms with E-state index in [1.165, 1.54) is 12.3 Å². The molecule has 3 heterocycles. The topological polar surface area (TPSA) is 108 Å². The number of halogens is 1. The van der Waals surface area contributed by atoms with Gasteiger partial charge in [0.25, 0.3) is 15.9 Å². The zero-order chi connectivity index (χ0) is 21.5. The third-order valence-electron chi connectivity index (χ3n) is 5.04. The normalized spacial score (nSPS) is 14.3. The number of H-pyrrole nitrogens is 1. The molecule has 8 nitrogen and oxygen atoms in total. The highest BCUT2D eigenvalue weighted by Gasteiger charge is 2.28. The molecular formula is C20H21ClN4O4S. The van der Waals surface area contributed by atoms with Crippen molar-refractivity contribution in [3.05, 3.63) is 52.4 Å². The molecule has 0 radical (unpaired) electrons. The van der Waals surface area contributed by atoms with Crippen LogP contribution in [0.5, 0.6) is 0 Å². The molecule has 3 aromatic rings. The maximum absolute atomic E-state index is 13.0. The molecular weight excluding hydrogens is 428 g/mol. The molecule has 0 aliphatic carbocycles. The highest BCUT2D eigenvalue weighted by molar-refractivity contribution is 7.92. The molecule has 1 saturated heterocycles. The first-order valence-corrected chi connectivity index (χ1v) is 11.3. The van der Waals surface area contributed by atoms with Gasteiger partial charge >= 0.3 is 0 Å². The number of aromatic nitrogens is 2. The molecule has 2 N–H and O–H groups in total. The van der Waals surface area contributed by atoms with Gasteiger partial charge in [0.05, 0.1) is 22.5 Å². The van der Waals surface area contributed by atoms with Crippen LogP contribution in [0.3, 0.4) is 0 Å². The molecule has 0 saturated carbocycles. The van der Waals surface area contributed by atoms with Crippen molar-refractivity contribution in [2.75, 3.05) is 17.8 Å². The van der Waals surface area contributed by atoms with Gasteiger partial charge in [0.15, 0.2) is 5.76 Å². The second kappa shape index (κ2) is 7.81. The number of nitrogens with one attached hydrogen (secondary N) is 2. The summed E-state index contributed by atoms with van der Waals surface area (Å²) in [6.45, 7) is 4.78. The van der Waals surface area contributed by atoms with Crippen LogP contribution in [0.25, 0.3) is 11.5 Å². The van der Waals surface area contributed by atoms with E-state index in [1.54, 1.807) is 30.0 Å². The summed E-state index contributed by atoms with van der Waals surface area (Å²) in [6.07, 6.45) is 3.37. The number of amides is 1. The molecule has 2 aromatic heterocycles. The van der Waals surface area contributed by atoms with Crippen LogP contribution in [0, 0.1) is 13.8 Å². The van der Waals surface area contributed by atoms with Crippen molar-refractivity contribution in [1.82, 2.24) is 15.1 Å². The minimum atomic E-state index is -3.96. The first-order chi connectivity index (χ1) is 14.3. The minimum Gasteiger partial charge on any atom is -0.458 e. The van der Waals surface area contributed by atoms with Gasteiger partial charge in [0, 0.05) is 19.2 Å². The van der Waals surface area contributed by atoms with Crippen molar-refractivity contribution in [2.45, 2.75) is 31.6 Å². The first-order valence-electron chi connectivity index (χ1n) is 9.48. The number of hydrogen-bond donors (Lipinski definition) is 2. The predicted octanol–water partition coefficient (Wildman–Crippen LogP) is 3.98. The minimum absolute atomic E-state index is 0.0377. The van der Waals surface area contributed by atoms with Crippen molar-refractivity contribution in [1.29, 1.82) is 0 Å². The summed E-state index contributed by atoms with van der Waals surface area (Å²) in [5.74, 6) is 0.262. The predicted molar refractivity (Wildman–Crippen MR) is 113 cm³/mol. The molecule has 0 bridgehead atoms. The molecule has 1 aliphatic heterocycles. The van der Waals surface area contributed by atoms with E-state index in [1.807, 2.05) is 6.92 Å². The summed E-state index contributed by atoms with van der Waals surface area (Å²) < 4.78 is 34.1. The van der Waals surface area contributed by atoms with Crippen LogP contribution in [0.2, 0.25) is 5.02 Å². The fraction of sp³-hybridized carbons (Fsp3) is 0.300. The van der Waals surface area contributed by atoms with E-state index in [0.717, 1.165) is 18.4 Å². The number of nitrogens with zero attached hydrogens (tertiary/aromatic N) is 2. The molecule has 0 spiro atoms. The van der Waals surface area contributed by atoms with Crippen LogP contribution in [0.4, 0.5) is 5.69 Å². The number of aryl methyl sites for hydroxylation is 2. The number of hydrogen-bond acceptors (Lipinski definition) is 5. The van der Waals surface area contributed by atoms with E-state index in [4.69, 9.17) is 16.0 Å². The van der Waals surface area contributed by atoms with Crippen LogP contribution in [-0.2, 0) is 10.0 Å². The smallest absolute Gasteiger partial charge is 0.265 e. The summed E-state index contributed by atoms with van der Waals surface area (Å²) in [4.78, 5) is 14.5. The molecule has 0 atom stereocenters. The maximum atomic E-state index is 13.0.